The van der Waals surface area contributed by atoms with Crippen molar-refractivity contribution in [1.82, 2.24) is 9.21 Å². The first-order valence-corrected chi connectivity index (χ1v) is 13.4. The molecule has 0 bridgehead atoms. The Morgan fingerprint density at radius 3 is 2.57 bits per heavy atom. The number of benzene rings is 2. The average molecular weight is 511 g/mol. The number of ether oxygens (including phenoxy) is 2. The van der Waals surface area contributed by atoms with Gasteiger partial charge in [0.05, 0.1) is 13.1 Å². The summed E-state index contributed by atoms with van der Waals surface area (Å²) in [6.45, 7) is 4.22. The highest BCUT2D eigenvalue weighted by Crippen LogP contribution is 2.33. The van der Waals surface area contributed by atoms with Crippen molar-refractivity contribution in [1.29, 1.82) is 0 Å². The van der Waals surface area contributed by atoms with E-state index in [2.05, 4.69) is 6.58 Å². The first kappa shape index (κ1) is 24.7. The van der Waals surface area contributed by atoms with Gasteiger partial charge in [-0.2, -0.15) is 4.31 Å². The molecule has 0 unspecified atom stereocenters. The number of sulfonamides is 1. The summed E-state index contributed by atoms with van der Waals surface area (Å²) in [6.07, 6.45) is 2.99. The number of rotatable bonds is 11. The van der Waals surface area contributed by atoms with E-state index in [4.69, 9.17) is 9.47 Å². The Morgan fingerprint density at radius 1 is 1.03 bits per heavy atom. The molecule has 0 atom stereocenters. The van der Waals surface area contributed by atoms with Crippen molar-refractivity contribution in [3.8, 4) is 11.5 Å². The number of carbonyl (C=O) groups is 1. The molecule has 1 aliphatic heterocycles. The summed E-state index contributed by atoms with van der Waals surface area (Å²) >= 11 is 1.54. The van der Waals surface area contributed by atoms with Gasteiger partial charge in [0.25, 0.3) is 0 Å². The number of hydrogen-bond acceptors (Lipinski definition) is 6. The molecule has 182 valence electrons. The van der Waals surface area contributed by atoms with Crippen molar-refractivity contribution < 1.29 is 22.7 Å². The van der Waals surface area contributed by atoms with E-state index >= 15 is 0 Å². The van der Waals surface area contributed by atoms with Crippen LogP contribution in [0.5, 0.6) is 11.5 Å². The zero-order valence-corrected chi connectivity index (χ0v) is 20.7. The molecule has 0 aliphatic carbocycles. The average Bonchev–Trinajstić information content (AvgIpc) is 3.54. The third-order valence-electron chi connectivity index (χ3n) is 5.33. The van der Waals surface area contributed by atoms with Crippen LogP contribution in [0.2, 0.25) is 0 Å². The predicted octanol–water partition coefficient (Wildman–Crippen LogP) is 4.49. The van der Waals surface area contributed by atoms with E-state index in [0.29, 0.717) is 24.6 Å². The van der Waals surface area contributed by atoms with E-state index in [0.717, 1.165) is 25.7 Å². The Balaban J connectivity index is 1.53. The Labute approximate surface area is 209 Å². The Hall–Kier alpha value is -3.40. The van der Waals surface area contributed by atoms with Gasteiger partial charge in [0.15, 0.2) is 11.5 Å². The molecule has 0 saturated heterocycles. The number of nitrogens with zero attached hydrogens (tertiary/aromatic N) is 2. The Morgan fingerprint density at radius 2 is 1.83 bits per heavy atom. The summed E-state index contributed by atoms with van der Waals surface area (Å²) < 4.78 is 38.1. The lowest BCUT2D eigenvalue weighted by molar-refractivity contribution is -0.132. The van der Waals surface area contributed by atoms with Gasteiger partial charge in [-0.3, -0.25) is 4.79 Å². The topological polar surface area (TPSA) is 76.2 Å². The van der Waals surface area contributed by atoms with Crippen LogP contribution >= 0.6 is 11.3 Å². The fraction of sp³-hybridized carbons (Fsp3) is 0.192. The molecule has 1 aromatic heterocycles. The summed E-state index contributed by atoms with van der Waals surface area (Å²) in [7, 11) is -3.85. The molecule has 0 radical (unpaired) electrons. The number of thiophene rings is 1. The SMILES string of the molecule is C=CCN(CC(=O)N(Cc1ccc2c(c1)OCO2)Cc1cccs1)S(=O)(=O)/C=C/c1ccccc1. The van der Waals surface area contributed by atoms with Crippen LogP contribution in [-0.2, 0) is 27.9 Å². The molecular formula is C26H26N2O5S2. The maximum absolute atomic E-state index is 13.4. The number of carbonyl (C=O) groups excluding carboxylic acids is 1. The number of amides is 1. The van der Waals surface area contributed by atoms with Crippen molar-refractivity contribution in [3.05, 3.63) is 100 Å². The third kappa shape index (κ3) is 6.60. The predicted molar refractivity (Wildman–Crippen MR) is 137 cm³/mol. The van der Waals surface area contributed by atoms with Crippen LogP contribution in [0.4, 0.5) is 0 Å². The molecule has 1 amide bonds. The standard InChI is InChI=1S/C26H26N2O5S2/c1-2-13-28(35(30,31)15-12-21-7-4-3-5-8-21)19-26(29)27(18-23-9-6-14-34-23)17-22-10-11-24-25(16-22)33-20-32-24/h2-12,14-16H,1,13,17-20H2/b15-12+. The molecule has 1 aliphatic rings. The van der Waals surface area contributed by atoms with Crippen molar-refractivity contribution in [2.45, 2.75) is 13.1 Å². The van der Waals surface area contributed by atoms with E-state index in [1.807, 2.05) is 66.0 Å². The van der Waals surface area contributed by atoms with Gasteiger partial charge in [0.1, 0.15) is 0 Å². The summed E-state index contributed by atoms with van der Waals surface area (Å²) in [6, 6.07) is 18.5. The summed E-state index contributed by atoms with van der Waals surface area (Å²) in [4.78, 5) is 16.1. The Bertz CT molecular complexity index is 1290. The third-order valence-corrected chi connectivity index (χ3v) is 7.67. The molecule has 2 heterocycles. The van der Waals surface area contributed by atoms with Gasteiger partial charge in [-0.05, 0) is 40.8 Å². The first-order chi connectivity index (χ1) is 16.9. The number of hydrogen-bond donors (Lipinski definition) is 0. The maximum Gasteiger partial charge on any atom is 0.238 e. The van der Waals surface area contributed by atoms with Crippen LogP contribution in [0, 0.1) is 0 Å². The molecule has 9 heteroatoms. The monoisotopic (exact) mass is 510 g/mol. The second kappa shape index (κ2) is 11.4. The van der Waals surface area contributed by atoms with Gasteiger partial charge in [0.2, 0.25) is 22.7 Å². The van der Waals surface area contributed by atoms with E-state index in [9.17, 15) is 13.2 Å². The van der Waals surface area contributed by atoms with Gasteiger partial charge < -0.3 is 14.4 Å². The zero-order chi connectivity index (χ0) is 24.7. The first-order valence-electron chi connectivity index (χ1n) is 11.0. The lowest BCUT2D eigenvalue weighted by Gasteiger charge is -2.26. The Kier molecular flexibility index (Phi) is 8.02. The summed E-state index contributed by atoms with van der Waals surface area (Å²) in [5.41, 5.74) is 1.62. The van der Waals surface area contributed by atoms with Crippen LogP contribution in [-0.4, -0.2) is 43.4 Å². The molecule has 2 aromatic carbocycles. The molecule has 0 saturated carbocycles. The molecule has 0 N–H and O–H groups in total. The molecule has 4 rings (SSSR count). The van der Waals surface area contributed by atoms with E-state index in [-0.39, 0.29) is 25.8 Å². The number of fused-ring (bicyclic) bond motifs is 1. The van der Waals surface area contributed by atoms with Gasteiger partial charge in [0, 0.05) is 23.4 Å². The van der Waals surface area contributed by atoms with Crippen molar-refractivity contribution in [3.63, 3.8) is 0 Å². The van der Waals surface area contributed by atoms with Crippen molar-refractivity contribution in [2.75, 3.05) is 19.9 Å². The van der Waals surface area contributed by atoms with Gasteiger partial charge in [-0.15, -0.1) is 17.9 Å². The maximum atomic E-state index is 13.4. The summed E-state index contributed by atoms with van der Waals surface area (Å²) in [5, 5.41) is 3.07. The van der Waals surface area contributed by atoms with E-state index in [1.54, 1.807) is 16.2 Å². The van der Waals surface area contributed by atoms with Gasteiger partial charge in [-0.25, -0.2) is 8.42 Å². The second-order valence-corrected chi connectivity index (χ2v) is 10.7. The van der Waals surface area contributed by atoms with Crippen LogP contribution in [0.3, 0.4) is 0 Å². The molecule has 0 spiro atoms. The smallest absolute Gasteiger partial charge is 0.238 e. The van der Waals surface area contributed by atoms with Crippen LogP contribution in [0.1, 0.15) is 16.0 Å². The van der Waals surface area contributed by atoms with Crippen LogP contribution < -0.4 is 9.47 Å². The minimum atomic E-state index is -3.85. The van der Waals surface area contributed by atoms with Crippen molar-refractivity contribution in [2.24, 2.45) is 0 Å². The fourth-order valence-electron chi connectivity index (χ4n) is 3.55. The molecule has 0 fully saturated rings. The van der Waals surface area contributed by atoms with Crippen LogP contribution in [0.25, 0.3) is 6.08 Å². The highest BCUT2D eigenvalue weighted by molar-refractivity contribution is 7.92. The van der Waals surface area contributed by atoms with E-state index in [1.165, 1.54) is 12.2 Å². The highest BCUT2D eigenvalue weighted by Gasteiger charge is 2.25. The normalized spacial score (nSPS) is 12.8. The molecule has 35 heavy (non-hydrogen) atoms. The molecule has 7 nitrogen and oxygen atoms in total. The fourth-order valence-corrected chi connectivity index (χ4v) is 5.37. The van der Waals surface area contributed by atoms with Crippen LogP contribution in [0.15, 0.2) is 84.1 Å². The minimum Gasteiger partial charge on any atom is -0.454 e. The molecule has 3 aromatic rings. The quantitative estimate of drug-likeness (QED) is 0.355. The zero-order valence-electron chi connectivity index (χ0n) is 19.1. The van der Waals surface area contributed by atoms with Gasteiger partial charge >= 0.3 is 0 Å². The highest BCUT2D eigenvalue weighted by atomic mass is 32.2. The van der Waals surface area contributed by atoms with Gasteiger partial charge in [-0.1, -0.05) is 48.5 Å². The summed E-state index contributed by atoms with van der Waals surface area (Å²) in [5.74, 6) is 0.987. The minimum absolute atomic E-state index is 0.0179. The van der Waals surface area contributed by atoms with Crippen molar-refractivity contribution >= 4 is 33.3 Å². The lowest BCUT2D eigenvalue weighted by atomic mass is 10.2. The lowest BCUT2D eigenvalue weighted by Crippen LogP contribution is -2.41. The molecular weight excluding hydrogens is 484 g/mol. The van der Waals surface area contributed by atoms with E-state index < -0.39 is 10.0 Å². The second-order valence-electron chi connectivity index (χ2n) is 7.86. The largest absolute Gasteiger partial charge is 0.454 e.